The summed E-state index contributed by atoms with van der Waals surface area (Å²) < 4.78 is 152. The smallest absolute Gasteiger partial charge is 0.387 e. The summed E-state index contributed by atoms with van der Waals surface area (Å²) in [6, 6.07) is 0. The number of fused-ring (bicyclic) bond motifs is 5. The molecule has 5 aliphatic heterocycles. The van der Waals surface area contributed by atoms with Crippen LogP contribution < -0.4 is 28.7 Å². The van der Waals surface area contributed by atoms with E-state index in [4.69, 9.17) is 88.5 Å². The Morgan fingerprint density at radius 1 is 0.336 bits per heavy atom. The molecule has 0 saturated carbocycles. The average Bonchev–Trinajstić information content (AvgIpc) is 1.71. The minimum absolute atomic E-state index is 0.0129. The van der Waals surface area contributed by atoms with Crippen molar-refractivity contribution in [3.8, 4) is 0 Å². The van der Waals surface area contributed by atoms with Crippen molar-refractivity contribution in [1.29, 1.82) is 0 Å². The molecule has 0 aromatic carbocycles. The first-order chi connectivity index (χ1) is 53.4. The summed E-state index contributed by atoms with van der Waals surface area (Å²) in [4.78, 5) is 126. The number of nitrogens with zero attached hydrogens (tertiary/aromatic N) is 20. The number of aliphatic hydroxyl groups excluding tert-OH is 6. The van der Waals surface area contributed by atoms with Gasteiger partial charge in [0.05, 0.1) is 52.0 Å². The summed E-state index contributed by atoms with van der Waals surface area (Å²) in [7, 11) is -27.9. The Morgan fingerprint density at radius 3 is 0.912 bits per heavy atom. The van der Waals surface area contributed by atoms with Gasteiger partial charge in [-0.15, -0.1) is 0 Å². The van der Waals surface area contributed by atoms with Gasteiger partial charge in [-0.2, -0.15) is 0 Å². The Hall–Kier alpha value is -7.18. The van der Waals surface area contributed by atoms with Crippen LogP contribution in [0.25, 0.3) is 55.8 Å². The lowest BCUT2D eigenvalue weighted by Gasteiger charge is -2.25. The third kappa shape index (κ3) is 15.9. The molecule has 56 nitrogen and oxygen atoms in total. The molecule has 0 amide bonds. The number of nitrogens with two attached hydrogens (primary N) is 5. The number of nitrogen functional groups attached to an aromatic ring is 5. The molecule has 4 unspecified atom stereocenters. The molecule has 610 valence electrons. The van der Waals surface area contributed by atoms with Gasteiger partial charge in [-0.1, -0.05) is 0 Å². The highest BCUT2D eigenvalue weighted by molar-refractivity contribution is 9.10. The van der Waals surface area contributed by atoms with Gasteiger partial charge >= 0.3 is 39.1 Å². The first kappa shape index (κ1) is 81.0. The second-order valence-corrected chi connectivity index (χ2v) is 33.3. The van der Waals surface area contributed by atoms with Gasteiger partial charge in [-0.05, 0) is 31.9 Å². The monoisotopic (exact) mass is 1820 g/mol. The summed E-state index contributed by atoms with van der Waals surface area (Å²) in [5.74, 6) is -0.730. The second kappa shape index (κ2) is 31.0. The van der Waals surface area contributed by atoms with Crippen molar-refractivity contribution in [3.05, 3.63) is 60.1 Å². The van der Waals surface area contributed by atoms with E-state index in [0.29, 0.717) is 0 Å². The van der Waals surface area contributed by atoms with E-state index in [-0.39, 0.29) is 94.4 Å². The fraction of sp³-hybridized carbons (Fsp3) is 0.500. The summed E-state index contributed by atoms with van der Waals surface area (Å²) in [6.07, 6.45) is -29.9. The normalized spacial score (nSPS) is 31.2. The zero-order valence-corrected chi connectivity index (χ0v) is 63.8. The first-order valence-electron chi connectivity index (χ1n) is 32.2. The summed E-state index contributed by atoms with van der Waals surface area (Å²) in [5, 5.41) is 69.6. The van der Waals surface area contributed by atoms with E-state index in [9.17, 15) is 82.8 Å². The lowest BCUT2D eigenvalue weighted by molar-refractivity contribution is -0.0668. The quantitative estimate of drug-likeness (QED) is 0.0166. The predicted octanol–water partition coefficient (Wildman–Crippen LogP) is -3.61. The second-order valence-electron chi connectivity index (χ2n) is 25.0. The highest BCUT2D eigenvalue weighted by atomic mass is 79.9. The molecule has 24 atom stereocenters. The number of phosphoric ester groups is 5. The largest absolute Gasteiger partial charge is 0.472 e. The van der Waals surface area contributed by atoms with Crippen LogP contribution in [0.2, 0.25) is 0 Å². The van der Waals surface area contributed by atoms with Crippen LogP contribution in [0.1, 0.15) is 31.1 Å². The molecule has 0 bridgehead atoms. The molecule has 10 aromatic heterocycles. The van der Waals surface area contributed by atoms with Gasteiger partial charge in [0.25, 0.3) is 0 Å². The summed E-state index contributed by atoms with van der Waals surface area (Å²) in [6.45, 7) is -5.60. The maximum absolute atomic E-state index is 14.5. The van der Waals surface area contributed by atoms with Gasteiger partial charge < -0.3 is 112 Å². The van der Waals surface area contributed by atoms with Gasteiger partial charge in [0.1, 0.15) is 140 Å². The Kier molecular flexibility index (Phi) is 22.2. The predicted molar refractivity (Wildman–Crippen MR) is 370 cm³/mol. The number of imidazole rings is 5. The number of anilines is 5. The fourth-order valence-electron chi connectivity index (χ4n) is 12.8. The van der Waals surface area contributed by atoms with Crippen molar-refractivity contribution in [3.63, 3.8) is 0 Å². The van der Waals surface area contributed by atoms with Crippen LogP contribution >= 0.6 is 71.0 Å². The Morgan fingerprint density at radius 2 is 0.593 bits per heavy atom. The maximum Gasteiger partial charge on any atom is 0.472 e. The molecule has 0 radical (unpaired) electrons. The summed E-state index contributed by atoms with van der Waals surface area (Å²) >= 11 is 6.50. The summed E-state index contributed by atoms with van der Waals surface area (Å²) in [5.41, 5.74) is 29.5. The lowest BCUT2D eigenvalue weighted by atomic mass is 10.1. The number of ether oxygens (including phenoxy) is 5. The van der Waals surface area contributed by atoms with E-state index in [1.807, 2.05) is 0 Å². The van der Waals surface area contributed by atoms with Gasteiger partial charge in [-0.3, -0.25) is 63.5 Å². The number of aromatic nitrogens is 20. The van der Waals surface area contributed by atoms with Gasteiger partial charge in [0.2, 0.25) is 0 Å². The molecule has 0 spiro atoms. The van der Waals surface area contributed by atoms with Crippen molar-refractivity contribution in [2.24, 2.45) is 0 Å². The number of halogens is 2. The third-order valence-electron chi connectivity index (χ3n) is 18.0. The van der Waals surface area contributed by atoms with E-state index in [1.165, 1.54) is 10.9 Å². The first-order valence-corrected chi connectivity index (χ1v) is 41.3. The molecule has 113 heavy (non-hydrogen) atoms. The van der Waals surface area contributed by atoms with E-state index in [0.717, 1.165) is 62.6 Å². The molecule has 15 heterocycles. The van der Waals surface area contributed by atoms with E-state index >= 15 is 0 Å². The fourth-order valence-corrected chi connectivity index (χ4v) is 18.0. The van der Waals surface area contributed by atoms with Crippen LogP contribution in [-0.2, 0) is 87.2 Å². The minimum atomic E-state index is -5.77. The number of rotatable bonds is 28. The number of hydrogen-bond acceptors (Lipinski definition) is 45. The number of hydrogen-bond donors (Lipinski definition) is 17. The molecular weight excluding hydrogens is 1760 g/mol. The SMILES string of the molecule is Nc1ncnc2c1ncn2[C@@H]1O[C@H](COP(=O)(O)O[C@@H]2[C@H](O)[C@@H](COP(=O)(O)O[C@@H]3[C@H](O)[C@@H](COP(=O)(O)O[C@@H]4[C@H](O)[C@@H](COP(=O)(O)O[C@@H]5[C@H](O)[C@@H](COP(=O)(O)O)O[C@H]5n5cnc6c(N)ncnc65)O[C@H]4n4cnc5c(N)ncnc54)O[C@H]3n3c(Br)nc4c(N)ncnc43)O[C@H]2n2c(Br)nc3c(N)ncnc32)[C@@H](O)[C@H]1O. The lowest BCUT2D eigenvalue weighted by Crippen LogP contribution is -2.37. The van der Waals surface area contributed by atoms with Crippen LogP contribution in [-0.4, -0.2) is 282 Å². The van der Waals surface area contributed by atoms with Crippen LogP contribution in [0.5, 0.6) is 0 Å². The molecule has 15 rings (SSSR count). The molecular formula is C50H60Br2N25O31P5. The van der Waals surface area contributed by atoms with Crippen LogP contribution in [0.15, 0.2) is 60.1 Å². The van der Waals surface area contributed by atoms with Crippen LogP contribution in [0, 0.1) is 0 Å². The van der Waals surface area contributed by atoms with Crippen molar-refractivity contribution in [1.82, 2.24) is 97.6 Å². The molecule has 10 aromatic rings. The Labute approximate surface area is 642 Å². The molecule has 63 heteroatoms. The van der Waals surface area contributed by atoms with Crippen molar-refractivity contribution in [2.45, 2.75) is 123 Å². The molecule has 5 fully saturated rings. The number of aliphatic hydroxyl groups is 6. The average molecular weight is 1820 g/mol. The van der Waals surface area contributed by atoms with Gasteiger partial charge in [-0.25, -0.2) is 97.6 Å². The Bertz CT molecular complexity index is 5530. The molecule has 22 N–H and O–H groups in total. The zero-order chi connectivity index (χ0) is 80.4. The standard InChI is InChI=1S/C50H60Br2N25O31P5/c51-49-71-22-37(56)61-9-66-42(22)76(49)47-32(107-112(91,92)96-2-14-24(78)29(83)44(100-14)73-11-68-19-34(53)58-6-63-39(19)73)28(82)18(104-47)5-99-113(93,94)108-33-27(81)17(103-48(33)77-43-23(72-50(77)52)38(57)62-10-67-43)4-98-111(89,90)106-31-26(80)16(102-46(31)75-13-70-21-36(55)60-8-65-41(21)75)3-97-110(87,88)105-30-25(79)15(1-95-109(84,85)86)101-45(30)74-12-69-20-35(54)59-7-64-40(20)74/h6-18,24-33,44-48,78-83H,1-5H2,(H,87,88)(H,89,90)(H,91,92)(H,93,94)(H2,53,58,63)(H2,54,59,64)(H2,55,60,65)(H2,56,61,66)(H2,57,62,67)(H2,84,85,86)/t14-,15-,16-,17-,18-,24-,25-,26-,27-,28-,29-,30-,31-,32-,33-,44-,45-,46-,47-,48-/m1/s1. The van der Waals surface area contributed by atoms with Gasteiger partial charge in [0, 0.05) is 0 Å². The molecule has 5 aliphatic rings. The highest BCUT2D eigenvalue weighted by Crippen LogP contribution is 2.57. The molecule has 0 aliphatic carbocycles. The zero-order valence-electron chi connectivity index (χ0n) is 56.1. The van der Waals surface area contributed by atoms with Crippen molar-refractivity contribution < 1.29 is 147 Å². The third-order valence-corrected chi connectivity index (χ3v) is 23.6. The number of phosphoric acid groups is 5. The van der Waals surface area contributed by atoms with Gasteiger partial charge in [0.15, 0.2) is 109 Å². The Balaban J connectivity index is 0.647. The van der Waals surface area contributed by atoms with Crippen molar-refractivity contribution in [2.75, 3.05) is 61.7 Å². The van der Waals surface area contributed by atoms with Crippen LogP contribution in [0.3, 0.4) is 0 Å². The topological polar surface area (TPSA) is 805 Å². The van der Waals surface area contributed by atoms with E-state index in [1.54, 1.807) is 0 Å². The van der Waals surface area contributed by atoms with E-state index in [2.05, 4.69) is 111 Å². The molecule has 5 saturated heterocycles. The van der Waals surface area contributed by atoms with E-state index < -0.39 is 195 Å². The van der Waals surface area contributed by atoms with Crippen LogP contribution in [0.4, 0.5) is 29.1 Å². The highest BCUT2D eigenvalue weighted by Gasteiger charge is 2.57. The maximum atomic E-state index is 14.5. The van der Waals surface area contributed by atoms with Crippen molar-refractivity contribution >= 4 is 156 Å². The minimum Gasteiger partial charge on any atom is -0.387 e.